The van der Waals surface area contributed by atoms with E-state index >= 15 is 0 Å². The number of hydrogen-bond acceptors (Lipinski definition) is 1. The lowest BCUT2D eigenvalue weighted by Gasteiger charge is -2.14. The first-order valence-electron chi connectivity index (χ1n) is 5.77. The summed E-state index contributed by atoms with van der Waals surface area (Å²) >= 11 is 12.3. The molecule has 4 heteroatoms. The Hall–Kier alpha value is -1.25. The summed E-state index contributed by atoms with van der Waals surface area (Å²) in [7, 11) is 1.61. The lowest BCUT2D eigenvalue weighted by Crippen LogP contribution is -1.97. The van der Waals surface area contributed by atoms with Crippen LogP contribution >= 0.6 is 23.2 Å². The smallest absolute Gasteiger partial charge is 0.142 e. The zero-order valence-corrected chi connectivity index (χ0v) is 12.1. The molecule has 1 atom stereocenters. The Morgan fingerprint density at radius 2 is 1.95 bits per heavy atom. The minimum absolute atomic E-state index is 0.0657. The molecule has 0 radical (unpaired) electrons. The first-order chi connectivity index (χ1) is 9.04. The standard InChI is InChI=1S/C15H13Cl2FO/c1-9-8-10(6-7-13(9)19-2)14(16)11-4-3-5-12(18)15(11)17/h3-8,14H,1-2H3. The minimum Gasteiger partial charge on any atom is -0.496 e. The Morgan fingerprint density at radius 3 is 2.58 bits per heavy atom. The number of hydrogen-bond donors (Lipinski definition) is 0. The topological polar surface area (TPSA) is 9.23 Å². The Balaban J connectivity index is 2.41. The second kappa shape index (κ2) is 5.81. The van der Waals surface area contributed by atoms with Gasteiger partial charge in [0.05, 0.1) is 17.5 Å². The fourth-order valence-electron chi connectivity index (χ4n) is 1.96. The number of ether oxygens (including phenoxy) is 1. The third-order valence-corrected chi connectivity index (χ3v) is 3.85. The largest absolute Gasteiger partial charge is 0.496 e. The van der Waals surface area contributed by atoms with Crippen LogP contribution in [-0.2, 0) is 0 Å². The van der Waals surface area contributed by atoms with E-state index in [4.69, 9.17) is 27.9 Å². The van der Waals surface area contributed by atoms with Crippen molar-refractivity contribution < 1.29 is 9.13 Å². The van der Waals surface area contributed by atoms with Crippen LogP contribution < -0.4 is 4.74 Å². The van der Waals surface area contributed by atoms with Crippen molar-refractivity contribution in [3.05, 3.63) is 63.9 Å². The van der Waals surface area contributed by atoms with Crippen molar-refractivity contribution in [2.24, 2.45) is 0 Å². The number of aryl methyl sites for hydroxylation is 1. The average molecular weight is 299 g/mol. The summed E-state index contributed by atoms with van der Waals surface area (Å²) in [6.07, 6.45) is 0. The van der Waals surface area contributed by atoms with E-state index in [9.17, 15) is 4.39 Å². The van der Waals surface area contributed by atoms with E-state index < -0.39 is 11.2 Å². The maximum atomic E-state index is 13.4. The number of halogens is 3. The normalized spacial score (nSPS) is 12.3. The van der Waals surface area contributed by atoms with Crippen molar-refractivity contribution >= 4 is 23.2 Å². The van der Waals surface area contributed by atoms with Gasteiger partial charge < -0.3 is 4.74 Å². The SMILES string of the molecule is COc1ccc(C(Cl)c2cccc(F)c2Cl)cc1C. The highest BCUT2D eigenvalue weighted by molar-refractivity contribution is 6.33. The molecule has 2 aromatic carbocycles. The molecular weight excluding hydrogens is 286 g/mol. The van der Waals surface area contributed by atoms with Crippen LogP contribution in [0.25, 0.3) is 0 Å². The summed E-state index contributed by atoms with van der Waals surface area (Å²) < 4.78 is 18.6. The summed E-state index contributed by atoms with van der Waals surface area (Å²) in [5.41, 5.74) is 2.39. The fraction of sp³-hybridized carbons (Fsp3) is 0.200. The van der Waals surface area contributed by atoms with Crippen molar-refractivity contribution in [2.45, 2.75) is 12.3 Å². The van der Waals surface area contributed by atoms with Crippen LogP contribution in [-0.4, -0.2) is 7.11 Å². The highest BCUT2D eigenvalue weighted by Crippen LogP contribution is 2.36. The van der Waals surface area contributed by atoms with Gasteiger partial charge in [0.2, 0.25) is 0 Å². The van der Waals surface area contributed by atoms with Gasteiger partial charge in [0.25, 0.3) is 0 Å². The van der Waals surface area contributed by atoms with Crippen LogP contribution in [0, 0.1) is 12.7 Å². The van der Waals surface area contributed by atoms with Crippen LogP contribution in [0.3, 0.4) is 0 Å². The fourth-order valence-corrected chi connectivity index (χ4v) is 2.56. The van der Waals surface area contributed by atoms with Crippen LogP contribution in [0.4, 0.5) is 4.39 Å². The number of rotatable bonds is 3. The molecule has 0 N–H and O–H groups in total. The molecule has 0 heterocycles. The van der Waals surface area contributed by atoms with Crippen molar-refractivity contribution in [1.29, 1.82) is 0 Å². The molecule has 100 valence electrons. The van der Waals surface area contributed by atoms with Crippen LogP contribution in [0.15, 0.2) is 36.4 Å². The maximum absolute atomic E-state index is 13.4. The predicted octanol–water partition coefficient (Wildman–Crippen LogP) is 5.12. The second-order valence-corrected chi connectivity index (χ2v) is 5.05. The molecular formula is C15H13Cl2FO. The van der Waals surface area contributed by atoms with Gasteiger partial charge in [0.15, 0.2) is 0 Å². The van der Waals surface area contributed by atoms with Gasteiger partial charge in [-0.3, -0.25) is 0 Å². The lowest BCUT2D eigenvalue weighted by molar-refractivity contribution is 0.411. The Morgan fingerprint density at radius 1 is 1.21 bits per heavy atom. The van der Waals surface area contributed by atoms with Gasteiger partial charge in [-0.25, -0.2) is 4.39 Å². The zero-order chi connectivity index (χ0) is 14.0. The Labute approximate surface area is 121 Å². The van der Waals surface area contributed by atoms with Gasteiger partial charge in [-0.15, -0.1) is 11.6 Å². The molecule has 1 unspecified atom stereocenters. The maximum Gasteiger partial charge on any atom is 0.142 e. The first kappa shape index (κ1) is 14.2. The van der Waals surface area contributed by atoms with Crippen molar-refractivity contribution in [3.63, 3.8) is 0 Å². The molecule has 0 aliphatic carbocycles. The summed E-state index contributed by atoms with van der Waals surface area (Å²) in [6, 6.07) is 10.2. The van der Waals surface area contributed by atoms with E-state index in [1.54, 1.807) is 19.2 Å². The van der Waals surface area contributed by atoms with E-state index in [-0.39, 0.29) is 5.02 Å². The number of alkyl halides is 1. The summed E-state index contributed by atoms with van der Waals surface area (Å²) in [5, 5.41) is -0.427. The third-order valence-electron chi connectivity index (χ3n) is 2.97. The third kappa shape index (κ3) is 2.85. The van der Waals surface area contributed by atoms with Gasteiger partial charge in [-0.1, -0.05) is 35.9 Å². The van der Waals surface area contributed by atoms with Gasteiger partial charge in [-0.05, 0) is 35.7 Å². The molecule has 0 saturated heterocycles. The molecule has 0 spiro atoms. The lowest BCUT2D eigenvalue weighted by atomic mass is 10.0. The molecule has 0 fully saturated rings. The number of benzene rings is 2. The molecule has 2 rings (SSSR count). The van der Waals surface area contributed by atoms with E-state index in [0.29, 0.717) is 5.56 Å². The van der Waals surface area contributed by atoms with Gasteiger partial charge in [0.1, 0.15) is 11.6 Å². The summed E-state index contributed by atoms with van der Waals surface area (Å²) in [5.74, 6) is 0.327. The monoisotopic (exact) mass is 298 g/mol. The first-order valence-corrected chi connectivity index (χ1v) is 6.58. The van der Waals surface area contributed by atoms with E-state index in [1.807, 2.05) is 25.1 Å². The molecule has 19 heavy (non-hydrogen) atoms. The Bertz CT molecular complexity index is 599. The van der Waals surface area contributed by atoms with E-state index in [2.05, 4.69) is 0 Å². The van der Waals surface area contributed by atoms with Gasteiger partial charge in [0, 0.05) is 0 Å². The van der Waals surface area contributed by atoms with Crippen LogP contribution in [0.1, 0.15) is 22.1 Å². The molecule has 0 aromatic heterocycles. The van der Waals surface area contributed by atoms with Crippen LogP contribution in [0.5, 0.6) is 5.75 Å². The van der Waals surface area contributed by atoms with E-state index in [0.717, 1.165) is 16.9 Å². The quantitative estimate of drug-likeness (QED) is 0.714. The molecule has 0 bridgehead atoms. The molecule has 1 nitrogen and oxygen atoms in total. The molecule has 2 aromatic rings. The van der Waals surface area contributed by atoms with Crippen molar-refractivity contribution in [3.8, 4) is 5.75 Å². The number of methoxy groups -OCH3 is 1. The highest BCUT2D eigenvalue weighted by atomic mass is 35.5. The van der Waals surface area contributed by atoms with Crippen molar-refractivity contribution in [1.82, 2.24) is 0 Å². The average Bonchev–Trinajstić information content (AvgIpc) is 2.41. The van der Waals surface area contributed by atoms with Gasteiger partial charge >= 0.3 is 0 Å². The Kier molecular flexibility index (Phi) is 4.33. The molecule has 0 saturated carbocycles. The summed E-state index contributed by atoms with van der Waals surface area (Å²) in [4.78, 5) is 0. The van der Waals surface area contributed by atoms with Crippen molar-refractivity contribution in [2.75, 3.05) is 7.11 Å². The zero-order valence-electron chi connectivity index (χ0n) is 10.6. The molecule has 0 aliphatic heterocycles. The van der Waals surface area contributed by atoms with Gasteiger partial charge in [-0.2, -0.15) is 0 Å². The van der Waals surface area contributed by atoms with Crippen LogP contribution in [0.2, 0.25) is 5.02 Å². The molecule has 0 aliphatic rings. The minimum atomic E-state index is -0.493. The predicted molar refractivity (Wildman–Crippen MR) is 76.8 cm³/mol. The van der Waals surface area contributed by atoms with E-state index in [1.165, 1.54) is 6.07 Å². The summed E-state index contributed by atoms with van der Waals surface area (Å²) in [6.45, 7) is 1.93. The molecule has 0 amide bonds. The second-order valence-electron chi connectivity index (χ2n) is 4.23. The highest BCUT2D eigenvalue weighted by Gasteiger charge is 2.17.